The standard InChI is InChI=1S/C13H12F2N2O/c14-8-2-1-3-9(15)12(8)11-6-7-10(17-11)4-5-16-13(7)18/h1-3,11,17H,4-6H2,(H,16,18). The molecule has 1 unspecified atom stereocenters. The summed E-state index contributed by atoms with van der Waals surface area (Å²) in [5.74, 6) is -1.29. The highest BCUT2D eigenvalue weighted by Crippen LogP contribution is 2.35. The molecule has 0 aromatic heterocycles. The van der Waals surface area contributed by atoms with Crippen molar-refractivity contribution < 1.29 is 13.6 Å². The molecule has 2 aliphatic heterocycles. The minimum atomic E-state index is -0.576. The van der Waals surface area contributed by atoms with Gasteiger partial charge >= 0.3 is 0 Å². The number of hydrogen-bond acceptors (Lipinski definition) is 2. The van der Waals surface area contributed by atoms with Crippen LogP contribution in [0.1, 0.15) is 24.4 Å². The molecule has 5 heteroatoms. The van der Waals surface area contributed by atoms with Gasteiger partial charge in [0.2, 0.25) is 5.91 Å². The number of benzene rings is 1. The highest BCUT2D eigenvalue weighted by atomic mass is 19.1. The first kappa shape index (κ1) is 11.2. The van der Waals surface area contributed by atoms with Crippen molar-refractivity contribution in [1.82, 2.24) is 10.6 Å². The zero-order valence-electron chi connectivity index (χ0n) is 9.59. The first-order valence-corrected chi connectivity index (χ1v) is 5.87. The SMILES string of the molecule is O=C1NCCC2=C1CC(c1c(F)cccc1F)N2. The number of hydrogen-bond donors (Lipinski definition) is 2. The molecule has 1 aromatic carbocycles. The molecule has 2 heterocycles. The first-order chi connectivity index (χ1) is 8.66. The van der Waals surface area contributed by atoms with Gasteiger partial charge < -0.3 is 10.6 Å². The Morgan fingerprint density at radius 1 is 1.22 bits per heavy atom. The average Bonchev–Trinajstić information content (AvgIpc) is 2.74. The van der Waals surface area contributed by atoms with Crippen molar-refractivity contribution in [2.24, 2.45) is 0 Å². The highest BCUT2D eigenvalue weighted by Gasteiger charge is 2.33. The van der Waals surface area contributed by atoms with Crippen LogP contribution in [0.25, 0.3) is 0 Å². The monoisotopic (exact) mass is 250 g/mol. The van der Waals surface area contributed by atoms with Gasteiger partial charge in [-0.1, -0.05) is 6.07 Å². The summed E-state index contributed by atoms with van der Waals surface area (Å²) >= 11 is 0. The van der Waals surface area contributed by atoms with Crippen LogP contribution in [-0.2, 0) is 4.79 Å². The van der Waals surface area contributed by atoms with E-state index >= 15 is 0 Å². The van der Waals surface area contributed by atoms with Crippen LogP contribution in [0, 0.1) is 11.6 Å². The van der Waals surface area contributed by atoms with E-state index in [-0.39, 0.29) is 11.5 Å². The zero-order chi connectivity index (χ0) is 12.7. The second kappa shape index (κ2) is 4.08. The van der Waals surface area contributed by atoms with Gasteiger partial charge in [-0.15, -0.1) is 0 Å². The number of amides is 1. The molecule has 0 spiro atoms. The average molecular weight is 250 g/mol. The van der Waals surface area contributed by atoms with Crippen LogP contribution in [0.4, 0.5) is 8.78 Å². The predicted molar refractivity (Wildman–Crippen MR) is 61.5 cm³/mol. The molecule has 2 aliphatic rings. The lowest BCUT2D eigenvalue weighted by molar-refractivity contribution is -0.117. The molecule has 18 heavy (non-hydrogen) atoms. The van der Waals surface area contributed by atoms with Gasteiger partial charge in [0.25, 0.3) is 0 Å². The Balaban J connectivity index is 1.92. The number of rotatable bonds is 1. The summed E-state index contributed by atoms with van der Waals surface area (Å²) in [6.45, 7) is 0.567. The number of nitrogens with one attached hydrogen (secondary N) is 2. The molecule has 0 saturated heterocycles. The van der Waals surface area contributed by atoms with Crippen molar-refractivity contribution in [1.29, 1.82) is 0 Å². The normalized spacial score (nSPS) is 22.6. The molecule has 1 amide bonds. The van der Waals surface area contributed by atoms with Crippen molar-refractivity contribution in [2.75, 3.05) is 6.54 Å². The van der Waals surface area contributed by atoms with Gasteiger partial charge in [-0.3, -0.25) is 4.79 Å². The molecular weight excluding hydrogens is 238 g/mol. The van der Waals surface area contributed by atoms with E-state index in [2.05, 4.69) is 10.6 Å². The maximum Gasteiger partial charge on any atom is 0.249 e. The minimum absolute atomic E-state index is 0.0136. The fourth-order valence-corrected chi connectivity index (χ4v) is 2.55. The third-order valence-corrected chi connectivity index (χ3v) is 3.40. The van der Waals surface area contributed by atoms with Gasteiger partial charge in [-0.25, -0.2) is 8.78 Å². The van der Waals surface area contributed by atoms with Crippen LogP contribution < -0.4 is 10.6 Å². The fraction of sp³-hybridized carbons (Fsp3) is 0.308. The first-order valence-electron chi connectivity index (χ1n) is 5.87. The van der Waals surface area contributed by atoms with Crippen molar-refractivity contribution in [2.45, 2.75) is 18.9 Å². The van der Waals surface area contributed by atoms with Crippen molar-refractivity contribution in [3.8, 4) is 0 Å². The van der Waals surface area contributed by atoms with E-state index < -0.39 is 17.7 Å². The second-order valence-corrected chi connectivity index (χ2v) is 4.50. The van der Waals surface area contributed by atoms with E-state index in [0.29, 0.717) is 25.0 Å². The molecule has 1 atom stereocenters. The van der Waals surface area contributed by atoms with Crippen LogP contribution in [-0.4, -0.2) is 12.5 Å². The minimum Gasteiger partial charge on any atom is -0.381 e. The molecule has 3 rings (SSSR count). The van der Waals surface area contributed by atoms with Crippen LogP contribution in [0.3, 0.4) is 0 Å². The van der Waals surface area contributed by atoms with Crippen LogP contribution in [0.5, 0.6) is 0 Å². The van der Waals surface area contributed by atoms with E-state index in [9.17, 15) is 13.6 Å². The molecule has 0 saturated carbocycles. The number of halogens is 2. The summed E-state index contributed by atoms with van der Waals surface area (Å²) in [6.07, 6.45) is 1.02. The third-order valence-electron chi connectivity index (χ3n) is 3.40. The Labute approximate surface area is 103 Å². The van der Waals surface area contributed by atoms with E-state index in [1.807, 2.05) is 0 Å². The van der Waals surface area contributed by atoms with Crippen LogP contribution >= 0.6 is 0 Å². The van der Waals surface area contributed by atoms with E-state index in [0.717, 1.165) is 5.70 Å². The molecule has 1 aromatic rings. The van der Waals surface area contributed by atoms with Crippen molar-refractivity contribution in [3.63, 3.8) is 0 Å². The van der Waals surface area contributed by atoms with Crippen LogP contribution in [0.15, 0.2) is 29.5 Å². The van der Waals surface area contributed by atoms with E-state index in [1.165, 1.54) is 18.2 Å². The van der Waals surface area contributed by atoms with Gasteiger partial charge in [0.05, 0.1) is 6.04 Å². The molecule has 0 fully saturated rings. The molecule has 0 bridgehead atoms. The largest absolute Gasteiger partial charge is 0.381 e. The molecule has 94 valence electrons. The fourth-order valence-electron chi connectivity index (χ4n) is 2.55. The summed E-state index contributed by atoms with van der Waals surface area (Å²) in [5.41, 5.74) is 1.44. The van der Waals surface area contributed by atoms with Crippen molar-refractivity contribution in [3.05, 3.63) is 46.7 Å². The smallest absolute Gasteiger partial charge is 0.249 e. The summed E-state index contributed by atoms with van der Waals surface area (Å²) in [4.78, 5) is 11.6. The molecule has 0 radical (unpaired) electrons. The Kier molecular flexibility index (Phi) is 2.54. The summed E-state index contributed by atoms with van der Waals surface area (Å²) in [6, 6.07) is 3.32. The maximum atomic E-state index is 13.7. The third kappa shape index (κ3) is 1.66. The summed E-state index contributed by atoms with van der Waals surface area (Å²) in [7, 11) is 0. The van der Waals surface area contributed by atoms with Gasteiger partial charge in [0, 0.05) is 36.2 Å². The summed E-state index contributed by atoms with van der Waals surface area (Å²) < 4.78 is 27.4. The van der Waals surface area contributed by atoms with E-state index in [1.54, 1.807) is 0 Å². The summed E-state index contributed by atoms with van der Waals surface area (Å²) in [5, 5.41) is 5.79. The number of carbonyl (C=O) groups is 1. The quantitative estimate of drug-likeness (QED) is 0.797. The number of carbonyl (C=O) groups excluding carboxylic acids is 1. The lowest BCUT2D eigenvalue weighted by atomic mass is 10.00. The Bertz CT molecular complexity index is 534. The van der Waals surface area contributed by atoms with Gasteiger partial charge in [0.1, 0.15) is 11.6 Å². The lowest BCUT2D eigenvalue weighted by Crippen LogP contribution is -2.31. The lowest BCUT2D eigenvalue weighted by Gasteiger charge is -2.16. The van der Waals surface area contributed by atoms with Gasteiger partial charge in [-0.05, 0) is 12.1 Å². The Morgan fingerprint density at radius 2 is 1.94 bits per heavy atom. The van der Waals surface area contributed by atoms with Gasteiger partial charge in [0.15, 0.2) is 0 Å². The van der Waals surface area contributed by atoms with Crippen molar-refractivity contribution >= 4 is 5.91 Å². The molecule has 2 N–H and O–H groups in total. The Hall–Kier alpha value is -1.91. The van der Waals surface area contributed by atoms with Crippen LogP contribution in [0.2, 0.25) is 0 Å². The highest BCUT2D eigenvalue weighted by molar-refractivity contribution is 5.95. The van der Waals surface area contributed by atoms with Gasteiger partial charge in [-0.2, -0.15) is 0 Å². The zero-order valence-corrected chi connectivity index (χ0v) is 9.59. The Morgan fingerprint density at radius 3 is 2.61 bits per heavy atom. The molecular formula is C13H12F2N2O. The topological polar surface area (TPSA) is 41.1 Å². The second-order valence-electron chi connectivity index (χ2n) is 4.50. The predicted octanol–water partition coefficient (Wildman–Crippen LogP) is 1.77. The molecule has 0 aliphatic carbocycles. The maximum absolute atomic E-state index is 13.7. The van der Waals surface area contributed by atoms with E-state index in [4.69, 9.17) is 0 Å². The molecule has 3 nitrogen and oxygen atoms in total.